The van der Waals surface area contributed by atoms with Crippen LogP contribution in [0.25, 0.3) is 11.0 Å². The van der Waals surface area contributed by atoms with Crippen LogP contribution in [0.5, 0.6) is 0 Å². The highest BCUT2D eigenvalue weighted by Crippen LogP contribution is 2.25. The second-order valence-corrected chi connectivity index (χ2v) is 7.39. The molecule has 1 fully saturated rings. The van der Waals surface area contributed by atoms with Crippen molar-refractivity contribution >= 4 is 28.4 Å². The van der Waals surface area contributed by atoms with Crippen LogP contribution < -0.4 is 10.2 Å². The molecule has 1 aromatic carbocycles. The standard InChI is InChI=1S/C22H29N5/c1-3-19(4-2)27-15-12-17-16-23-22(25-21(17)27)24-18-8-10-20(11-9-18)26-13-6-5-7-14-26/h8-12,15-16,19H,3-7,13-14H2,1-2H3,(H,23,24,25). The van der Waals surface area contributed by atoms with E-state index in [1.165, 1.54) is 38.0 Å². The van der Waals surface area contributed by atoms with Gasteiger partial charge in [-0.2, -0.15) is 4.98 Å². The first-order valence-electron chi connectivity index (χ1n) is 10.2. The first kappa shape index (κ1) is 17.8. The monoisotopic (exact) mass is 363 g/mol. The van der Waals surface area contributed by atoms with E-state index < -0.39 is 0 Å². The molecule has 1 N–H and O–H groups in total. The molecular formula is C22H29N5. The van der Waals surface area contributed by atoms with E-state index in [1.54, 1.807) is 0 Å². The quantitative estimate of drug-likeness (QED) is 0.626. The predicted molar refractivity (Wildman–Crippen MR) is 113 cm³/mol. The lowest BCUT2D eigenvalue weighted by Gasteiger charge is -2.28. The minimum Gasteiger partial charge on any atom is -0.372 e. The Kier molecular flexibility index (Phi) is 5.28. The minimum absolute atomic E-state index is 0.481. The molecule has 0 aliphatic carbocycles. The fourth-order valence-electron chi connectivity index (χ4n) is 4.01. The largest absolute Gasteiger partial charge is 0.372 e. The second kappa shape index (κ2) is 7.99. The molecule has 0 radical (unpaired) electrons. The van der Waals surface area contributed by atoms with E-state index >= 15 is 0 Å². The van der Waals surface area contributed by atoms with Gasteiger partial charge in [0.25, 0.3) is 0 Å². The van der Waals surface area contributed by atoms with Gasteiger partial charge in [0.05, 0.1) is 0 Å². The average Bonchev–Trinajstić information content (AvgIpc) is 3.14. The van der Waals surface area contributed by atoms with E-state index in [-0.39, 0.29) is 0 Å². The number of nitrogens with one attached hydrogen (secondary N) is 1. The number of aromatic nitrogens is 3. The van der Waals surface area contributed by atoms with E-state index in [1.807, 2.05) is 6.20 Å². The lowest BCUT2D eigenvalue weighted by atomic mass is 10.1. The molecule has 5 nitrogen and oxygen atoms in total. The van der Waals surface area contributed by atoms with Gasteiger partial charge in [-0.05, 0) is 62.4 Å². The Labute approximate surface area is 161 Å². The molecule has 0 unspecified atom stereocenters. The molecule has 3 heterocycles. The summed E-state index contributed by atoms with van der Waals surface area (Å²) in [7, 11) is 0. The molecule has 27 heavy (non-hydrogen) atoms. The van der Waals surface area contributed by atoms with Crippen molar-refractivity contribution < 1.29 is 0 Å². The molecule has 4 rings (SSSR count). The summed E-state index contributed by atoms with van der Waals surface area (Å²) in [6, 6.07) is 11.2. The highest BCUT2D eigenvalue weighted by atomic mass is 15.2. The number of piperidine rings is 1. The van der Waals surface area contributed by atoms with Crippen molar-refractivity contribution in [2.75, 3.05) is 23.3 Å². The summed E-state index contributed by atoms with van der Waals surface area (Å²) in [4.78, 5) is 11.8. The zero-order chi connectivity index (χ0) is 18.6. The van der Waals surface area contributed by atoms with Crippen LogP contribution in [0.1, 0.15) is 52.0 Å². The Bertz CT molecular complexity index is 873. The molecule has 1 aliphatic heterocycles. The number of benzene rings is 1. The number of anilines is 3. The van der Waals surface area contributed by atoms with Gasteiger partial charge in [0.15, 0.2) is 0 Å². The van der Waals surface area contributed by atoms with Gasteiger partial charge in [0, 0.05) is 48.3 Å². The van der Waals surface area contributed by atoms with Crippen molar-refractivity contribution in [3.05, 3.63) is 42.7 Å². The number of rotatable bonds is 6. The molecule has 0 saturated carbocycles. The molecule has 1 saturated heterocycles. The van der Waals surface area contributed by atoms with Gasteiger partial charge in [0.1, 0.15) is 5.65 Å². The lowest BCUT2D eigenvalue weighted by Crippen LogP contribution is -2.29. The Balaban J connectivity index is 1.53. The maximum Gasteiger partial charge on any atom is 0.229 e. The van der Waals surface area contributed by atoms with Crippen LogP contribution in [0.2, 0.25) is 0 Å². The molecule has 0 bridgehead atoms. The number of hydrogen-bond acceptors (Lipinski definition) is 4. The molecular weight excluding hydrogens is 334 g/mol. The van der Waals surface area contributed by atoms with Crippen LogP contribution >= 0.6 is 0 Å². The Morgan fingerprint density at radius 2 is 1.74 bits per heavy atom. The van der Waals surface area contributed by atoms with Crippen molar-refractivity contribution in [1.29, 1.82) is 0 Å². The van der Waals surface area contributed by atoms with Crippen LogP contribution in [0, 0.1) is 0 Å². The molecule has 0 amide bonds. The summed E-state index contributed by atoms with van der Waals surface area (Å²) in [5.74, 6) is 0.652. The van der Waals surface area contributed by atoms with Gasteiger partial charge in [-0.25, -0.2) is 4.98 Å². The topological polar surface area (TPSA) is 46.0 Å². The number of nitrogens with zero attached hydrogens (tertiary/aromatic N) is 4. The van der Waals surface area contributed by atoms with Crippen LogP contribution in [0.4, 0.5) is 17.3 Å². The second-order valence-electron chi connectivity index (χ2n) is 7.39. The summed E-state index contributed by atoms with van der Waals surface area (Å²) in [5.41, 5.74) is 3.33. The zero-order valence-corrected chi connectivity index (χ0v) is 16.4. The zero-order valence-electron chi connectivity index (χ0n) is 16.4. The van der Waals surface area contributed by atoms with Crippen molar-refractivity contribution in [3.63, 3.8) is 0 Å². The summed E-state index contributed by atoms with van der Waals surface area (Å²) in [6.07, 6.45) is 10.2. The summed E-state index contributed by atoms with van der Waals surface area (Å²) in [6.45, 7) is 6.79. The third-order valence-electron chi connectivity index (χ3n) is 5.64. The van der Waals surface area contributed by atoms with Gasteiger partial charge in [-0.3, -0.25) is 0 Å². The Morgan fingerprint density at radius 3 is 2.44 bits per heavy atom. The molecule has 2 aromatic heterocycles. The van der Waals surface area contributed by atoms with Crippen LogP contribution in [-0.2, 0) is 0 Å². The van der Waals surface area contributed by atoms with Crippen LogP contribution in [0.15, 0.2) is 42.7 Å². The van der Waals surface area contributed by atoms with Gasteiger partial charge in [-0.1, -0.05) is 13.8 Å². The highest BCUT2D eigenvalue weighted by molar-refractivity contribution is 5.77. The van der Waals surface area contributed by atoms with Gasteiger partial charge in [-0.15, -0.1) is 0 Å². The SMILES string of the molecule is CCC(CC)n1ccc2cnc(Nc3ccc(N4CCCCC4)cc3)nc21. The van der Waals surface area contributed by atoms with Gasteiger partial charge >= 0.3 is 0 Å². The van der Waals surface area contributed by atoms with Gasteiger partial charge < -0.3 is 14.8 Å². The molecule has 1 aliphatic rings. The van der Waals surface area contributed by atoms with Crippen molar-refractivity contribution in [2.24, 2.45) is 0 Å². The summed E-state index contributed by atoms with van der Waals surface area (Å²) < 4.78 is 2.28. The number of fused-ring (bicyclic) bond motifs is 1. The molecule has 142 valence electrons. The van der Waals surface area contributed by atoms with Crippen molar-refractivity contribution in [3.8, 4) is 0 Å². The van der Waals surface area contributed by atoms with E-state index in [4.69, 9.17) is 4.98 Å². The highest BCUT2D eigenvalue weighted by Gasteiger charge is 2.13. The molecule has 3 aromatic rings. The van der Waals surface area contributed by atoms with Crippen LogP contribution in [0.3, 0.4) is 0 Å². The van der Waals surface area contributed by atoms with Crippen LogP contribution in [-0.4, -0.2) is 27.6 Å². The smallest absolute Gasteiger partial charge is 0.229 e. The molecule has 0 atom stereocenters. The van der Waals surface area contributed by atoms with E-state index in [2.05, 4.69) is 70.1 Å². The average molecular weight is 364 g/mol. The summed E-state index contributed by atoms with van der Waals surface area (Å²) >= 11 is 0. The minimum atomic E-state index is 0.481. The van der Waals surface area contributed by atoms with E-state index in [9.17, 15) is 0 Å². The Hall–Kier alpha value is -2.56. The predicted octanol–water partition coefficient (Wildman–Crippen LogP) is 5.53. The third-order valence-corrected chi connectivity index (χ3v) is 5.64. The first-order chi connectivity index (χ1) is 13.3. The third kappa shape index (κ3) is 3.77. The maximum atomic E-state index is 4.79. The van der Waals surface area contributed by atoms with E-state index in [0.29, 0.717) is 12.0 Å². The van der Waals surface area contributed by atoms with E-state index in [0.717, 1.165) is 29.6 Å². The normalized spacial score (nSPS) is 14.9. The van der Waals surface area contributed by atoms with Crippen molar-refractivity contribution in [1.82, 2.24) is 14.5 Å². The lowest BCUT2D eigenvalue weighted by molar-refractivity contribution is 0.483. The number of hydrogen-bond donors (Lipinski definition) is 1. The first-order valence-corrected chi connectivity index (χ1v) is 10.2. The fourth-order valence-corrected chi connectivity index (χ4v) is 4.01. The van der Waals surface area contributed by atoms with Crippen molar-refractivity contribution in [2.45, 2.75) is 52.0 Å². The van der Waals surface area contributed by atoms with Gasteiger partial charge in [0.2, 0.25) is 5.95 Å². The maximum absolute atomic E-state index is 4.79. The molecule has 0 spiro atoms. The Morgan fingerprint density at radius 1 is 1.00 bits per heavy atom. The molecule has 5 heteroatoms. The fraction of sp³-hybridized carbons (Fsp3) is 0.455. The summed E-state index contributed by atoms with van der Waals surface area (Å²) in [5, 5.41) is 4.45.